The Labute approximate surface area is 117 Å². The van der Waals surface area contributed by atoms with Gasteiger partial charge in [-0.2, -0.15) is 0 Å². The Balaban J connectivity index is 1.94. The quantitative estimate of drug-likeness (QED) is 0.558. The van der Waals surface area contributed by atoms with Gasteiger partial charge in [-0.3, -0.25) is 0 Å². The van der Waals surface area contributed by atoms with Gasteiger partial charge in [0.2, 0.25) is 0 Å². The molecule has 2 heteroatoms. The van der Waals surface area contributed by atoms with Crippen molar-refractivity contribution in [3.63, 3.8) is 0 Å². The van der Waals surface area contributed by atoms with Crippen LogP contribution in [0.1, 0.15) is 34.6 Å². The average molecular weight is 272 g/mol. The van der Waals surface area contributed by atoms with E-state index < -0.39 is 8.15 Å². The third kappa shape index (κ3) is 1.75. The van der Waals surface area contributed by atoms with E-state index in [1.165, 1.54) is 27.6 Å². The molecule has 1 nitrogen and oxygen atoms in total. The normalized spacial score (nSPS) is 29.1. The van der Waals surface area contributed by atoms with E-state index in [0.717, 1.165) is 0 Å². The first-order valence-electron chi connectivity index (χ1n) is 6.85. The lowest BCUT2D eigenvalue weighted by molar-refractivity contribution is 0.312. The number of allylic oxidation sites excluding steroid dienone is 2. The fraction of sp³-hybridized carbons (Fsp3) is 0.412. The Hall–Kier alpha value is -0.910. The summed E-state index contributed by atoms with van der Waals surface area (Å²) in [5.41, 5.74) is 6.01. The summed E-state index contributed by atoms with van der Waals surface area (Å²) in [6.45, 7) is 11.4. The minimum absolute atomic E-state index is 0.107. The lowest BCUT2D eigenvalue weighted by Crippen LogP contribution is -2.24. The highest BCUT2D eigenvalue weighted by atomic mass is 31.2. The van der Waals surface area contributed by atoms with Crippen molar-refractivity contribution in [2.24, 2.45) is 5.41 Å². The molecule has 0 spiro atoms. The number of rotatable bonds is 2. The van der Waals surface area contributed by atoms with Crippen LogP contribution in [0.2, 0.25) is 0 Å². The molecule has 2 atom stereocenters. The summed E-state index contributed by atoms with van der Waals surface area (Å²) in [5.74, 6) is 0.359. The molecule has 0 bridgehead atoms. The molecule has 1 aromatic rings. The molecule has 100 valence electrons. The van der Waals surface area contributed by atoms with Crippen LogP contribution in [-0.2, 0) is 4.52 Å². The van der Waals surface area contributed by atoms with Crippen LogP contribution in [0.15, 0.2) is 52.6 Å². The van der Waals surface area contributed by atoms with Crippen molar-refractivity contribution >= 4 is 13.5 Å². The summed E-state index contributed by atoms with van der Waals surface area (Å²) in [4.78, 5) is 0. The molecular weight excluding hydrogens is 251 g/mol. The molecule has 1 aliphatic heterocycles. The van der Waals surface area contributed by atoms with Crippen molar-refractivity contribution in [3.05, 3.63) is 52.6 Å². The van der Waals surface area contributed by atoms with Gasteiger partial charge in [0.15, 0.2) is 0 Å². The highest BCUT2D eigenvalue weighted by molar-refractivity contribution is 7.67. The molecule has 3 rings (SSSR count). The maximum absolute atomic E-state index is 6.12. The Morgan fingerprint density at radius 3 is 2.00 bits per heavy atom. The van der Waals surface area contributed by atoms with Gasteiger partial charge in [0.25, 0.3) is 0 Å². The van der Waals surface area contributed by atoms with Crippen LogP contribution < -0.4 is 5.30 Å². The fourth-order valence-electron chi connectivity index (χ4n) is 3.18. The van der Waals surface area contributed by atoms with E-state index in [2.05, 4.69) is 65.0 Å². The van der Waals surface area contributed by atoms with Crippen LogP contribution in [0.5, 0.6) is 0 Å². The maximum atomic E-state index is 6.12. The highest BCUT2D eigenvalue weighted by Gasteiger charge is 2.57. The second-order valence-electron chi connectivity index (χ2n) is 5.82. The molecule has 0 aromatic heterocycles. The Bertz CT molecular complexity index is 559. The summed E-state index contributed by atoms with van der Waals surface area (Å²) in [6, 6.07) is 10.7. The molecule has 1 aromatic carbocycles. The largest absolute Gasteiger partial charge is 0.340 e. The maximum Gasteiger partial charge on any atom is 0.123 e. The van der Waals surface area contributed by atoms with E-state index in [-0.39, 0.29) is 5.41 Å². The summed E-state index contributed by atoms with van der Waals surface area (Å²) < 4.78 is 6.12. The van der Waals surface area contributed by atoms with Crippen LogP contribution in [0, 0.1) is 5.41 Å². The average Bonchev–Trinajstić information content (AvgIpc) is 3.22. The van der Waals surface area contributed by atoms with E-state index in [1.54, 1.807) is 0 Å². The smallest absolute Gasteiger partial charge is 0.123 e. The van der Waals surface area contributed by atoms with E-state index in [0.29, 0.717) is 5.85 Å². The van der Waals surface area contributed by atoms with Crippen molar-refractivity contribution in [3.8, 4) is 0 Å². The predicted molar refractivity (Wildman–Crippen MR) is 82.7 cm³/mol. The third-order valence-electron chi connectivity index (χ3n) is 5.13. The number of benzene rings is 1. The second kappa shape index (κ2) is 4.30. The SMILES string of the molecule is CC1=C(C)C(C)(C2OP2c2ccccc2)C(C)=C1C. The number of hydrogen-bond acceptors (Lipinski definition) is 1. The molecule has 1 aliphatic carbocycles. The monoisotopic (exact) mass is 272 g/mol. The van der Waals surface area contributed by atoms with Gasteiger partial charge in [-0.15, -0.1) is 0 Å². The molecule has 2 aliphatic rings. The van der Waals surface area contributed by atoms with Crippen molar-refractivity contribution in [1.29, 1.82) is 0 Å². The molecule has 1 heterocycles. The molecule has 1 saturated heterocycles. The van der Waals surface area contributed by atoms with E-state index in [4.69, 9.17) is 4.52 Å². The lowest BCUT2D eigenvalue weighted by Gasteiger charge is -2.27. The van der Waals surface area contributed by atoms with Crippen LogP contribution in [0.3, 0.4) is 0 Å². The topological polar surface area (TPSA) is 12.5 Å². The van der Waals surface area contributed by atoms with Gasteiger partial charge in [-0.25, -0.2) is 0 Å². The molecule has 2 unspecified atom stereocenters. The first-order valence-corrected chi connectivity index (χ1v) is 8.18. The van der Waals surface area contributed by atoms with Gasteiger partial charge in [-0.05, 0) is 45.8 Å². The van der Waals surface area contributed by atoms with Crippen molar-refractivity contribution in [2.45, 2.75) is 40.5 Å². The van der Waals surface area contributed by atoms with Crippen LogP contribution in [0.25, 0.3) is 0 Å². The van der Waals surface area contributed by atoms with Gasteiger partial charge >= 0.3 is 0 Å². The summed E-state index contributed by atoms with van der Waals surface area (Å²) in [5, 5.41) is 1.37. The molecule has 0 N–H and O–H groups in total. The molecule has 0 radical (unpaired) electrons. The Morgan fingerprint density at radius 2 is 1.47 bits per heavy atom. The van der Waals surface area contributed by atoms with Gasteiger partial charge in [0.05, 0.1) is 8.15 Å². The minimum Gasteiger partial charge on any atom is -0.340 e. The van der Waals surface area contributed by atoms with Gasteiger partial charge in [0, 0.05) is 10.7 Å². The standard InChI is InChI=1S/C17H21OP/c1-11-12(2)14(4)17(5,13(11)3)16-18-19(16)15-9-7-6-8-10-15/h6-10,16H,1-5H3. The summed E-state index contributed by atoms with van der Waals surface area (Å²) in [6.07, 6.45) is 0. The molecular formula is C17H21OP. The first kappa shape index (κ1) is 13.1. The first-order chi connectivity index (χ1) is 8.98. The van der Waals surface area contributed by atoms with Crippen LogP contribution in [-0.4, -0.2) is 5.85 Å². The van der Waals surface area contributed by atoms with Crippen molar-refractivity contribution < 1.29 is 4.52 Å². The van der Waals surface area contributed by atoms with Gasteiger partial charge in [-0.1, -0.05) is 41.5 Å². The van der Waals surface area contributed by atoms with Gasteiger partial charge in [0.1, 0.15) is 5.85 Å². The summed E-state index contributed by atoms with van der Waals surface area (Å²) >= 11 is 0. The van der Waals surface area contributed by atoms with E-state index in [9.17, 15) is 0 Å². The zero-order valence-corrected chi connectivity index (χ0v) is 13.2. The Kier molecular flexibility index (Phi) is 2.96. The molecule has 19 heavy (non-hydrogen) atoms. The van der Waals surface area contributed by atoms with E-state index >= 15 is 0 Å². The zero-order valence-electron chi connectivity index (χ0n) is 12.3. The fourth-order valence-corrected chi connectivity index (χ4v) is 5.41. The molecule has 1 fully saturated rings. The van der Waals surface area contributed by atoms with Crippen LogP contribution >= 0.6 is 8.15 Å². The third-order valence-corrected chi connectivity index (χ3v) is 7.22. The predicted octanol–water partition coefficient (Wildman–Crippen LogP) is 4.76. The second-order valence-corrected chi connectivity index (χ2v) is 7.67. The van der Waals surface area contributed by atoms with Crippen LogP contribution in [0.4, 0.5) is 0 Å². The van der Waals surface area contributed by atoms with Gasteiger partial charge < -0.3 is 4.52 Å². The number of hydrogen-bond donors (Lipinski definition) is 0. The molecule has 0 amide bonds. The zero-order chi connectivity index (χ0) is 13.8. The minimum atomic E-state index is -0.428. The Morgan fingerprint density at radius 1 is 0.947 bits per heavy atom. The lowest BCUT2D eigenvalue weighted by atomic mass is 9.80. The van der Waals surface area contributed by atoms with E-state index in [1.807, 2.05) is 0 Å². The highest BCUT2D eigenvalue weighted by Crippen LogP contribution is 2.71. The molecule has 0 saturated carbocycles. The summed E-state index contributed by atoms with van der Waals surface area (Å²) in [7, 11) is -0.428. The van der Waals surface area contributed by atoms with Crippen molar-refractivity contribution in [2.75, 3.05) is 0 Å². The van der Waals surface area contributed by atoms with Crippen molar-refractivity contribution in [1.82, 2.24) is 0 Å².